The van der Waals surface area contributed by atoms with Gasteiger partial charge in [0.05, 0.1) is 12.7 Å². The molecule has 0 amide bonds. The Morgan fingerprint density at radius 3 is 3.00 bits per heavy atom. The van der Waals surface area contributed by atoms with E-state index < -0.39 is 0 Å². The standard InChI is InChI=1S/C15H16N2O2S/c1-19-15(18)12-4-6-16-14(8-12)17(13-2-3-13)9-11-5-7-20-10-11/h4-8,10,13H,2-3,9H2,1H3. The highest BCUT2D eigenvalue weighted by atomic mass is 32.1. The summed E-state index contributed by atoms with van der Waals surface area (Å²) in [5.74, 6) is 0.529. The first kappa shape index (κ1) is 13.1. The van der Waals surface area contributed by atoms with Crippen LogP contribution >= 0.6 is 11.3 Å². The topological polar surface area (TPSA) is 42.4 Å². The van der Waals surface area contributed by atoms with Crippen LogP contribution in [0.3, 0.4) is 0 Å². The van der Waals surface area contributed by atoms with Crippen LogP contribution in [0.15, 0.2) is 35.2 Å². The number of hydrogen-bond donors (Lipinski definition) is 0. The Morgan fingerprint density at radius 1 is 1.50 bits per heavy atom. The summed E-state index contributed by atoms with van der Waals surface area (Å²) in [6.45, 7) is 0.839. The van der Waals surface area contributed by atoms with Crippen molar-refractivity contribution in [1.82, 2.24) is 4.98 Å². The molecule has 5 heteroatoms. The summed E-state index contributed by atoms with van der Waals surface area (Å²) < 4.78 is 4.77. The summed E-state index contributed by atoms with van der Waals surface area (Å²) in [5.41, 5.74) is 1.83. The maximum absolute atomic E-state index is 11.6. The van der Waals surface area contributed by atoms with Crippen molar-refractivity contribution in [3.8, 4) is 0 Å². The molecule has 3 rings (SSSR count). The molecular weight excluding hydrogens is 272 g/mol. The van der Waals surface area contributed by atoms with Crippen molar-refractivity contribution in [1.29, 1.82) is 0 Å². The van der Waals surface area contributed by atoms with Crippen LogP contribution in [0.1, 0.15) is 28.8 Å². The highest BCUT2D eigenvalue weighted by Crippen LogP contribution is 2.32. The molecule has 0 atom stereocenters. The molecule has 0 aromatic carbocycles. The molecule has 1 fully saturated rings. The predicted molar refractivity (Wildman–Crippen MR) is 79.1 cm³/mol. The highest BCUT2D eigenvalue weighted by molar-refractivity contribution is 7.07. The number of thiophene rings is 1. The van der Waals surface area contributed by atoms with E-state index in [1.54, 1.807) is 23.6 Å². The number of nitrogens with zero attached hydrogens (tertiary/aromatic N) is 2. The number of rotatable bonds is 5. The van der Waals surface area contributed by atoms with Gasteiger partial charge in [-0.05, 0) is 47.4 Å². The van der Waals surface area contributed by atoms with Gasteiger partial charge in [-0.2, -0.15) is 11.3 Å². The zero-order valence-electron chi connectivity index (χ0n) is 11.3. The van der Waals surface area contributed by atoms with Crippen LogP contribution in [-0.4, -0.2) is 24.1 Å². The number of esters is 1. The molecule has 2 heterocycles. The zero-order chi connectivity index (χ0) is 13.9. The lowest BCUT2D eigenvalue weighted by Gasteiger charge is -2.23. The molecule has 0 saturated heterocycles. The van der Waals surface area contributed by atoms with E-state index in [4.69, 9.17) is 4.74 Å². The van der Waals surface area contributed by atoms with Crippen LogP contribution in [0, 0.1) is 0 Å². The largest absolute Gasteiger partial charge is 0.465 e. The fraction of sp³-hybridized carbons (Fsp3) is 0.333. The summed E-state index contributed by atoms with van der Waals surface area (Å²) in [5, 5.41) is 4.23. The van der Waals surface area contributed by atoms with Gasteiger partial charge in [0.25, 0.3) is 0 Å². The van der Waals surface area contributed by atoms with Gasteiger partial charge in [-0.15, -0.1) is 0 Å². The minimum absolute atomic E-state index is 0.320. The molecule has 0 bridgehead atoms. The fourth-order valence-electron chi connectivity index (χ4n) is 2.18. The van der Waals surface area contributed by atoms with E-state index in [0.29, 0.717) is 11.6 Å². The molecule has 0 radical (unpaired) electrons. The first-order valence-corrected chi connectivity index (χ1v) is 7.54. The van der Waals surface area contributed by atoms with E-state index in [1.807, 2.05) is 6.07 Å². The fourth-order valence-corrected chi connectivity index (χ4v) is 2.84. The molecule has 0 N–H and O–H groups in total. The second-order valence-corrected chi connectivity index (χ2v) is 5.67. The molecule has 0 aliphatic heterocycles. The van der Waals surface area contributed by atoms with Gasteiger partial charge in [0, 0.05) is 18.8 Å². The van der Waals surface area contributed by atoms with Crippen molar-refractivity contribution in [2.45, 2.75) is 25.4 Å². The smallest absolute Gasteiger partial charge is 0.338 e. The van der Waals surface area contributed by atoms with Gasteiger partial charge >= 0.3 is 5.97 Å². The summed E-state index contributed by atoms with van der Waals surface area (Å²) in [6.07, 6.45) is 4.05. The third-order valence-electron chi connectivity index (χ3n) is 3.38. The Kier molecular flexibility index (Phi) is 3.69. The lowest BCUT2D eigenvalue weighted by atomic mass is 10.2. The summed E-state index contributed by atoms with van der Waals surface area (Å²) in [7, 11) is 1.40. The van der Waals surface area contributed by atoms with E-state index in [9.17, 15) is 4.79 Å². The molecule has 0 spiro atoms. The Balaban J connectivity index is 1.85. The molecule has 20 heavy (non-hydrogen) atoms. The van der Waals surface area contributed by atoms with Crippen LogP contribution in [0.4, 0.5) is 5.82 Å². The summed E-state index contributed by atoms with van der Waals surface area (Å²) in [6, 6.07) is 6.17. The van der Waals surface area contributed by atoms with E-state index in [-0.39, 0.29) is 5.97 Å². The van der Waals surface area contributed by atoms with Crippen LogP contribution < -0.4 is 4.90 Å². The Labute approximate surface area is 122 Å². The summed E-state index contributed by atoms with van der Waals surface area (Å²) >= 11 is 1.70. The van der Waals surface area contributed by atoms with Crippen molar-refractivity contribution in [2.24, 2.45) is 0 Å². The quantitative estimate of drug-likeness (QED) is 0.793. The monoisotopic (exact) mass is 288 g/mol. The number of aromatic nitrogens is 1. The van der Waals surface area contributed by atoms with Crippen LogP contribution in [0.25, 0.3) is 0 Å². The number of methoxy groups -OCH3 is 1. The first-order chi connectivity index (χ1) is 9.78. The van der Waals surface area contributed by atoms with Crippen LogP contribution in [0.2, 0.25) is 0 Å². The second kappa shape index (κ2) is 5.63. The maximum atomic E-state index is 11.6. The average molecular weight is 288 g/mol. The molecular formula is C15H16N2O2S. The van der Waals surface area contributed by atoms with E-state index in [2.05, 4.69) is 26.7 Å². The number of anilines is 1. The van der Waals surface area contributed by atoms with Crippen LogP contribution in [-0.2, 0) is 11.3 Å². The van der Waals surface area contributed by atoms with Crippen molar-refractivity contribution in [3.63, 3.8) is 0 Å². The molecule has 104 valence electrons. The first-order valence-electron chi connectivity index (χ1n) is 6.60. The maximum Gasteiger partial charge on any atom is 0.338 e. The van der Waals surface area contributed by atoms with Crippen molar-refractivity contribution in [2.75, 3.05) is 12.0 Å². The van der Waals surface area contributed by atoms with Crippen molar-refractivity contribution < 1.29 is 9.53 Å². The lowest BCUT2D eigenvalue weighted by molar-refractivity contribution is 0.0600. The van der Waals surface area contributed by atoms with Crippen molar-refractivity contribution in [3.05, 3.63) is 46.3 Å². The van der Waals surface area contributed by atoms with Gasteiger partial charge in [-0.25, -0.2) is 9.78 Å². The number of pyridine rings is 1. The lowest BCUT2D eigenvalue weighted by Crippen LogP contribution is -2.26. The van der Waals surface area contributed by atoms with Gasteiger partial charge in [0.1, 0.15) is 5.82 Å². The molecule has 2 aromatic rings. The average Bonchev–Trinajstić information content (AvgIpc) is 3.20. The molecule has 1 saturated carbocycles. The Hall–Kier alpha value is -1.88. The van der Waals surface area contributed by atoms with Gasteiger partial charge in [-0.1, -0.05) is 0 Å². The minimum Gasteiger partial charge on any atom is -0.465 e. The molecule has 2 aromatic heterocycles. The molecule has 0 unspecified atom stereocenters. The minimum atomic E-state index is -0.320. The second-order valence-electron chi connectivity index (χ2n) is 4.88. The van der Waals surface area contributed by atoms with E-state index >= 15 is 0 Å². The number of ether oxygens (including phenoxy) is 1. The van der Waals surface area contributed by atoms with Crippen molar-refractivity contribution >= 4 is 23.1 Å². The number of hydrogen-bond acceptors (Lipinski definition) is 5. The Morgan fingerprint density at radius 2 is 2.35 bits per heavy atom. The van der Waals surface area contributed by atoms with E-state index in [1.165, 1.54) is 25.5 Å². The van der Waals surface area contributed by atoms with Gasteiger partial charge in [-0.3, -0.25) is 0 Å². The third-order valence-corrected chi connectivity index (χ3v) is 4.11. The Bertz CT molecular complexity index is 594. The molecule has 1 aliphatic rings. The predicted octanol–water partition coefficient (Wildman–Crippen LogP) is 3.10. The molecule has 4 nitrogen and oxygen atoms in total. The van der Waals surface area contributed by atoms with Crippen LogP contribution in [0.5, 0.6) is 0 Å². The molecule has 1 aliphatic carbocycles. The third kappa shape index (κ3) is 2.82. The number of carbonyl (C=O) groups is 1. The normalized spacial score (nSPS) is 14.1. The van der Waals surface area contributed by atoms with Gasteiger partial charge < -0.3 is 9.64 Å². The van der Waals surface area contributed by atoms with Gasteiger partial charge in [0.15, 0.2) is 0 Å². The summed E-state index contributed by atoms with van der Waals surface area (Å²) in [4.78, 5) is 18.3. The van der Waals surface area contributed by atoms with Gasteiger partial charge in [0.2, 0.25) is 0 Å². The number of carbonyl (C=O) groups excluding carboxylic acids is 1. The van der Waals surface area contributed by atoms with E-state index in [0.717, 1.165) is 12.4 Å². The zero-order valence-corrected chi connectivity index (χ0v) is 12.1. The SMILES string of the molecule is COC(=O)c1ccnc(N(Cc2ccsc2)C2CC2)c1. The highest BCUT2D eigenvalue weighted by Gasteiger charge is 2.30.